The molecule has 2 aromatic carbocycles. The molecule has 0 atom stereocenters. The minimum Gasteiger partial charge on any atom is -0.338 e. The van der Waals surface area contributed by atoms with E-state index in [-0.39, 0.29) is 5.91 Å². The lowest BCUT2D eigenvalue weighted by Gasteiger charge is -2.27. The number of rotatable bonds is 4. The van der Waals surface area contributed by atoms with Crippen LogP contribution in [-0.4, -0.2) is 26.9 Å². The van der Waals surface area contributed by atoms with Crippen LogP contribution in [0.15, 0.2) is 66.0 Å². The highest BCUT2D eigenvalue weighted by Crippen LogP contribution is 2.25. The van der Waals surface area contributed by atoms with Crippen LogP contribution in [0.1, 0.15) is 22.7 Å². The first-order valence-corrected chi connectivity index (χ1v) is 10.5. The van der Waals surface area contributed by atoms with Gasteiger partial charge in [0.05, 0.1) is 11.0 Å². The molecule has 0 fully saturated rings. The second-order valence-corrected chi connectivity index (χ2v) is 8.12. The molecule has 0 radical (unpaired) electrons. The Balaban J connectivity index is 1.39. The van der Waals surface area contributed by atoms with Gasteiger partial charge in [0.2, 0.25) is 5.91 Å². The second-order valence-electron chi connectivity index (χ2n) is 7.12. The van der Waals surface area contributed by atoms with Gasteiger partial charge >= 0.3 is 0 Å². The zero-order valence-corrected chi connectivity index (χ0v) is 16.4. The quantitative estimate of drug-likeness (QED) is 0.513. The molecule has 5 rings (SSSR count). The molecule has 0 saturated heterocycles. The fraction of sp³-hybridized carbons (Fsp3) is 0.217. The average molecular weight is 388 g/mol. The molecule has 0 spiro atoms. The average Bonchev–Trinajstić information content (AvgIpc) is 3.36. The van der Waals surface area contributed by atoms with Gasteiger partial charge in [0.1, 0.15) is 5.82 Å². The van der Waals surface area contributed by atoms with Crippen LogP contribution in [0.25, 0.3) is 16.7 Å². The summed E-state index contributed by atoms with van der Waals surface area (Å²) in [4.78, 5) is 21.1. The van der Waals surface area contributed by atoms with Gasteiger partial charge in [-0.3, -0.25) is 9.36 Å². The molecule has 3 heterocycles. The number of thiophene rings is 1. The van der Waals surface area contributed by atoms with Gasteiger partial charge in [-0.05, 0) is 47.7 Å². The van der Waals surface area contributed by atoms with Crippen molar-refractivity contribution in [3.8, 4) is 5.69 Å². The van der Waals surface area contributed by atoms with Crippen molar-refractivity contribution in [1.29, 1.82) is 0 Å². The van der Waals surface area contributed by atoms with Crippen LogP contribution in [0.5, 0.6) is 0 Å². The lowest BCUT2D eigenvalue weighted by Crippen LogP contribution is -2.35. The maximum Gasteiger partial charge on any atom is 0.223 e. The maximum atomic E-state index is 12.9. The third-order valence-electron chi connectivity index (χ3n) is 5.37. The van der Waals surface area contributed by atoms with Crippen LogP contribution in [0.4, 0.5) is 0 Å². The summed E-state index contributed by atoms with van der Waals surface area (Å²) in [6.07, 6.45) is 2.09. The Morgan fingerprint density at radius 1 is 1.04 bits per heavy atom. The fourth-order valence-corrected chi connectivity index (χ4v) is 4.84. The Bertz CT molecular complexity index is 1130. The summed E-state index contributed by atoms with van der Waals surface area (Å²) in [7, 11) is 0. The molecule has 2 aromatic heterocycles. The van der Waals surface area contributed by atoms with E-state index in [4.69, 9.17) is 4.98 Å². The van der Waals surface area contributed by atoms with Gasteiger partial charge < -0.3 is 4.90 Å². The Kier molecular flexibility index (Phi) is 4.45. The smallest absolute Gasteiger partial charge is 0.223 e. The van der Waals surface area contributed by atoms with Crippen molar-refractivity contribution in [1.82, 2.24) is 14.5 Å². The largest absolute Gasteiger partial charge is 0.338 e. The van der Waals surface area contributed by atoms with E-state index in [1.807, 2.05) is 41.3 Å². The number of para-hydroxylation sites is 3. The Morgan fingerprint density at radius 3 is 2.75 bits per heavy atom. The topological polar surface area (TPSA) is 38.1 Å². The summed E-state index contributed by atoms with van der Waals surface area (Å²) < 4.78 is 2.18. The van der Waals surface area contributed by atoms with Crippen molar-refractivity contribution in [2.24, 2.45) is 0 Å². The fourth-order valence-electron chi connectivity index (χ4n) is 3.95. The highest BCUT2D eigenvalue weighted by molar-refractivity contribution is 7.10. The van der Waals surface area contributed by atoms with E-state index in [1.54, 1.807) is 11.3 Å². The number of benzene rings is 2. The van der Waals surface area contributed by atoms with Crippen molar-refractivity contribution in [2.75, 3.05) is 6.54 Å². The minimum atomic E-state index is 0.212. The van der Waals surface area contributed by atoms with Gasteiger partial charge in [-0.15, -0.1) is 11.3 Å². The molecule has 1 aliphatic rings. The van der Waals surface area contributed by atoms with Gasteiger partial charge in [-0.2, -0.15) is 0 Å². The molecule has 0 aliphatic carbocycles. The lowest BCUT2D eigenvalue weighted by atomic mass is 10.1. The third kappa shape index (κ3) is 3.12. The molecule has 1 amide bonds. The van der Waals surface area contributed by atoms with Crippen LogP contribution >= 0.6 is 11.3 Å². The molecule has 28 heavy (non-hydrogen) atoms. The van der Waals surface area contributed by atoms with Crippen LogP contribution in [-0.2, 0) is 24.2 Å². The number of hydrogen-bond acceptors (Lipinski definition) is 3. The molecule has 0 bridgehead atoms. The van der Waals surface area contributed by atoms with Crippen molar-refractivity contribution in [2.45, 2.75) is 25.8 Å². The number of imidazole rings is 1. The normalized spacial score (nSPS) is 13.6. The van der Waals surface area contributed by atoms with Gasteiger partial charge in [-0.1, -0.05) is 30.3 Å². The summed E-state index contributed by atoms with van der Waals surface area (Å²) >= 11 is 1.80. The number of nitrogens with zero attached hydrogens (tertiary/aromatic N) is 3. The van der Waals surface area contributed by atoms with Crippen LogP contribution < -0.4 is 0 Å². The maximum absolute atomic E-state index is 12.9. The number of amides is 1. The molecular formula is C23H21N3OS. The standard InChI is InChI=1S/C23H21N3OS/c27-23(25-14-12-21-17(16-25)13-15-28-21)11-10-22-24-19-8-4-5-9-20(19)26(22)18-6-2-1-3-7-18/h1-9,13,15H,10-12,14,16H2. The zero-order chi connectivity index (χ0) is 18.9. The molecule has 0 N–H and O–H groups in total. The van der Waals surface area contributed by atoms with Gasteiger partial charge in [-0.25, -0.2) is 4.98 Å². The summed E-state index contributed by atoms with van der Waals surface area (Å²) in [5.74, 6) is 1.15. The molecule has 5 heteroatoms. The number of hydrogen-bond donors (Lipinski definition) is 0. The van der Waals surface area contributed by atoms with E-state index in [1.165, 1.54) is 10.4 Å². The number of carbonyl (C=O) groups excluding carboxylic acids is 1. The predicted molar refractivity (Wildman–Crippen MR) is 113 cm³/mol. The number of fused-ring (bicyclic) bond motifs is 2. The molecule has 1 aliphatic heterocycles. The summed E-state index contributed by atoms with van der Waals surface area (Å²) in [6.45, 7) is 1.56. The minimum absolute atomic E-state index is 0.212. The molecule has 0 unspecified atom stereocenters. The van der Waals surface area contributed by atoms with Crippen molar-refractivity contribution in [3.63, 3.8) is 0 Å². The SMILES string of the molecule is O=C(CCc1nc2ccccc2n1-c1ccccc1)N1CCc2sccc2C1. The molecule has 0 saturated carbocycles. The van der Waals surface area contributed by atoms with Crippen molar-refractivity contribution < 1.29 is 4.79 Å². The van der Waals surface area contributed by atoms with E-state index in [2.05, 4.69) is 34.2 Å². The Morgan fingerprint density at radius 2 is 1.86 bits per heavy atom. The highest BCUT2D eigenvalue weighted by Gasteiger charge is 2.22. The van der Waals surface area contributed by atoms with E-state index >= 15 is 0 Å². The van der Waals surface area contributed by atoms with E-state index in [9.17, 15) is 4.79 Å². The summed E-state index contributed by atoms with van der Waals surface area (Å²) in [6, 6.07) is 20.6. The zero-order valence-electron chi connectivity index (χ0n) is 15.5. The lowest BCUT2D eigenvalue weighted by molar-refractivity contribution is -0.132. The highest BCUT2D eigenvalue weighted by atomic mass is 32.1. The first-order chi connectivity index (χ1) is 13.8. The van der Waals surface area contributed by atoms with E-state index in [0.717, 1.165) is 42.1 Å². The molecule has 4 aromatic rings. The third-order valence-corrected chi connectivity index (χ3v) is 6.39. The van der Waals surface area contributed by atoms with Crippen molar-refractivity contribution in [3.05, 3.63) is 82.3 Å². The Hall–Kier alpha value is -2.92. The summed E-state index contributed by atoms with van der Waals surface area (Å²) in [5, 5.41) is 2.13. The van der Waals surface area contributed by atoms with E-state index < -0.39 is 0 Å². The van der Waals surface area contributed by atoms with Crippen molar-refractivity contribution >= 4 is 28.3 Å². The first kappa shape index (κ1) is 17.2. The molecule has 4 nitrogen and oxygen atoms in total. The van der Waals surface area contributed by atoms with Gasteiger partial charge in [0.15, 0.2) is 0 Å². The number of carbonyl (C=O) groups is 1. The van der Waals surface area contributed by atoms with Gasteiger partial charge in [0.25, 0.3) is 0 Å². The first-order valence-electron chi connectivity index (χ1n) is 9.64. The number of aromatic nitrogens is 2. The van der Waals surface area contributed by atoms with E-state index in [0.29, 0.717) is 12.8 Å². The van der Waals surface area contributed by atoms with Crippen LogP contribution in [0.2, 0.25) is 0 Å². The molecular weight excluding hydrogens is 366 g/mol. The molecule has 140 valence electrons. The summed E-state index contributed by atoms with van der Waals surface area (Å²) in [5.41, 5.74) is 4.44. The second kappa shape index (κ2) is 7.24. The van der Waals surface area contributed by atoms with Crippen LogP contribution in [0.3, 0.4) is 0 Å². The van der Waals surface area contributed by atoms with Crippen LogP contribution in [0, 0.1) is 0 Å². The predicted octanol–water partition coefficient (Wildman–Crippen LogP) is 4.60. The number of aryl methyl sites for hydroxylation is 1. The monoisotopic (exact) mass is 387 g/mol. The Labute approximate surface area is 168 Å². The van der Waals surface area contributed by atoms with Gasteiger partial charge in [0, 0.05) is 36.5 Å².